The highest BCUT2D eigenvalue weighted by atomic mass is 32.2. The molecule has 0 bridgehead atoms. The Morgan fingerprint density at radius 3 is 2.67 bits per heavy atom. The van der Waals surface area contributed by atoms with E-state index in [2.05, 4.69) is 0 Å². The molecule has 6 nitrogen and oxygen atoms in total. The van der Waals surface area contributed by atoms with Crippen molar-refractivity contribution < 1.29 is 23.1 Å². The second kappa shape index (κ2) is 5.94. The number of hydrogen-bond acceptors (Lipinski definition) is 4. The van der Waals surface area contributed by atoms with Crippen molar-refractivity contribution in [3.05, 3.63) is 29.8 Å². The van der Waals surface area contributed by atoms with E-state index in [-0.39, 0.29) is 4.90 Å². The van der Waals surface area contributed by atoms with Gasteiger partial charge in [-0.2, -0.15) is 4.31 Å². The molecule has 0 heterocycles. The number of benzene rings is 1. The van der Waals surface area contributed by atoms with Crippen LogP contribution in [0.1, 0.15) is 5.56 Å². The number of rotatable bonds is 6. The van der Waals surface area contributed by atoms with Crippen LogP contribution in [0.4, 0.5) is 0 Å². The third kappa shape index (κ3) is 3.52. The summed E-state index contributed by atoms with van der Waals surface area (Å²) in [6.45, 7) is -0.275. The van der Waals surface area contributed by atoms with E-state index in [9.17, 15) is 13.2 Å². The zero-order valence-corrected chi connectivity index (χ0v) is 11.0. The average molecular weight is 273 g/mol. The molecule has 0 saturated carbocycles. The Kier molecular flexibility index (Phi) is 4.83. The van der Waals surface area contributed by atoms with Gasteiger partial charge >= 0.3 is 5.97 Å². The SMILES string of the molecule is COCc1cccc(S(=O)(=O)N(C)CC(=O)O)c1. The average Bonchev–Trinajstić information content (AvgIpc) is 2.29. The molecule has 0 amide bonds. The van der Waals surface area contributed by atoms with Crippen molar-refractivity contribution in [1.29, 1.82) is 0 Å². The molecule has 0 aliphatic heterocycles. The lowest BCUT2D eigenvalue weighted by Crippen LogP contribution is -2.32. The molecule has 18 heavy (non-hydrogen) atoms. The molecule has 1 rings (SSSR count). The predicted octanol–water partition coefficient (Wildman–Crippen LogP) is 0.538. The van der Waals surface area contributed by atoms with Crippen LogP contribution in [0.15, 0.2) is 29.2 Å². The lowest BCUT2D eigenvalue weighted by atomic mass is 10.2. The van der Waals surface area contributed by atoms with Gasteiger partial charge in [-0.15, -0.1) is 0 Å². The first-order valence-electron chi connectivity index (χ1n) is 5.14. The fourth-order valence-electron chi connectivity index (χ4n) is 1.42. The molecule has 0 fully saturated rings. The van der Waals surface area contributed by atoms with Gasteiger partial charge in [-0.1, -0.05) is 12.1 Å². The summed E-state index contributed by atoms with van der Waals surface area (Å²) >= 11 is 0. The summed E-state index contributed by atoms with van der Waals surface area (Å²) in [7, 11) is -1.04. The van der Waals surface area contributed by atoms with E-state index >= 15 is 0 Å². The minimum atomic E-state index is -3.78. The van der Waals surface area contributed by atoms with E-state index in [1.54, 1.807) is 12.1 Å². The summed E-state index contributed by atoms with van der Waals surface area (Å²) < 4.78 is 29.8. The Morgan fingerprint density at radius 2 is 2.11 bits per heavy atom. The van der Waals surface area contributed by atoms with Crippen LogP contribution < -0.4 is 0 Å². The predicted molar refractivity (Wildman–Crippen MR) is 64.6 cm³/mol. The maximum atomic E-state index is 12.0. The molecule has 0 radical (unpaired) electrons. The van der Waals surface area contributed by atoms with E-state index < -0.39 is 22.5 Å². The minimum Gasteiger partial charge on any atom is -0.480 e. The molecule has 0 aliphatic carbocycles. The number of nitrogens with zero attached hydrogens (tertiary/aromatic N) is 1. The van der Waals surface area contributed by atoms with Crippen molar-refractivity contribution in [2.45, 2.75) is 11.5 Å². The fraction of sp³-hybridized carbons (Fsp3) is 0.364. The molecule has 0 atom stereocenters. The van der Waals surface area contributed by atoms with Crippen molar-refractivity contribution >= 4 is 16.0 Å². The van der Waals surface area contributed by atoms with Gasteiger partial charge in [0.2, 0.25) is 10.0 Å². The number of aliphatic carboxylic acids is 1. The summed E-state index contributed by atoms with van der Waals surface area (Å²) in [5.41, 5.74) is 0.710. The standard InChI is InChI=1S/C11H15NO5S/c1-12(7-11(13)14)18(15,16)10-5-3-4-9(6-10)8-17-2/h3-6H,7-8H2,1-2H3,(H,13,14). The zero-order valence-electron chi connectivity index (χ0n) is 10.2. The quantitative estimate of drug-likeness (QED) is 0.817. The molecule has 0 unspecified atom stereocenters. The van der Waals surface area contributed by atoms with Crippen LogP contribution in [0.2, 0.25) is 0 Å². The van der Waals surface area contributed by atoms with Crippen molar-refractivity contribution in [3.63, 3.8) is 0 Å². The van der Waals surface area contributed by atoms with Gasteiger partial charge in [0.15, 0.2) is 0 Å². The first kappa shape index (κ1) is 14.6. The number of likely N-dealkylation sites (N-methyl/N-ethyl adjacent to an activating group) is 1. The highest BCUT2D eigenvalue weighted by Crippen LogP contribution is 2.16. The summed E-state index contributed by atoms with van der Waals surface area (Å²) in [5, 5.41) is 8.61. The van der Waals surface area contributed by atoms with Crippen molar-refractivity contribution in [2.75, 3.05) is 20.7 Å². The van der Waals surface area contributed by atoms with Crippen molar-refractivity contribution in [2.24, 2.45) is 0 Å². The Hall–Kier alpha value is -1.44. The molecule has 1 aromatic rings. The van der Waals surface area contributed by atoms with E-state index in [1.807, 2.05) is 0 Å². The summed E-state index contributed by atoms with van der Waals surface area (Å²) in [6, 6.07) is 6.22. The second-order valence-corrected chi connectivity index (χ2v) is 5.78. The molecule has 1 aromatic carbocycles. The van der Waals surface area contributed by atoms with Crippen LogP contribution in [0.5, 0.6) is 0 Å². The summed E-state index contributed by atoms with van der Waals surface area (Å²) in [5.74, 6) is -1.20. The normalized spacial score (nSPS) is 11.7. The topological polar surface area (TPSA) is 83.9 Å². The Morgan fingerprint density at radius 1 is 1.44 bits per heavy atom. The van der Waals surface area contributed by atoms with Gasteiger partial charge in [-0.25, -0.2) is 8.42 Å². The summed E-state index contributed by atoms with van der Waals surface area (Å²) in [6.07, 6.45) is 0. The number of ether oxygens (including phenoxy) is 1. The number of sulfonamides is 1. The smallest absolute Gasteiger partial charge is 0.318 e. The molecular weight excluding hydrogens is 258 g/mol. The number of carboxylic acid groups (broad SMARTS) is 1. The van der Waals surface area contributed by atoms with E-state index in [0.29, 0.717) is 12.2 Å². The van der Waals surface area contributed by atoms with Crippen LogP contribution in [0, 0.1) is 0 Å². The molecule has 0 aromatic heterocycles. The fourth-order valence-corrected chi connectivity index (χ4v) is 2.61. The Balaban J connectivity index is 3.04. The van der Waals surface area contributed by atoms with Gasteiger partial charge in [0, 0.05) is 14.2 Å². The highest BCUT2D eigenvalue weighted by molar-refractivity contribution is 7.89. The number of hydrogen-bond donors (Lipinski definition) is 1. The van der Waals surface area contributed by atoms with E-state index in [0.717, 1.165) is 4.31 Å². The lowest BCUT2D eigenvalue weighted by molar-refractivity contribution is -0.137. The van der Waals surface area contributed by atoms with Crippen molar-refractivity contribution in [1.82, 2.24) is 4.31 Å². The number of carboxylic acids is 1. The summed E-state index contributed by atoms with van der Waals surface area (Å²) in [4.78, 5) is 10.6. The third-order valence-electron chi connectivity index (χ3n) is 2.28. The van der Waals surface area contributed by atoms with E-state index in [1.165, 1.54) is 26.3 Å². The molecule has 100 valence electrons. The van der Waals surface area contributed by atoms with Crippen LogP contribution in [-0.2, 0) is 26.2 Å². The maximum Gasteiger partial charge on any atom is 0.318 e. The first-order valence-corrected chi connectivity index (χ1v) is 6.58. The molecule has 0 spiro atoms. The van der Waals surface area contributed by atoms with Crippen LogP contribution >= 0.6 is 0 Å². The second-order valence-electron chi connectivity index (χ2n) is 3.74. The maximum absolute atomic E-state index is 12.0. The zero-order chi connectivity index (χ0) is 13.8. The Labute approximate surface area is 106 Å². The van der Waals surface area contributed by atoms with Gasteiger partial charge in [0.1, 0.15) is 6.54 Å². The number of carbonyl (C=O) groups is 1. The minimum absolute atomic E-state index is 0.0563. The van der Waals surface area contributed by atoms with Crippen LogP contribution in [0.25, 0.3) is 0 Å². The first-order chi connectivity index (χ1) is 8.37. The Bertz CT molecular complexity index is 526. The largest absolute Gasteiger partial charge is 0.480 e. The highest BCUT2D eigenvalue weighted by Gasteiger charge is 2.22. The van der Waals surface area contributed by atoms with Gasteiger partial charge in [-0.05, 0) is 17.7 Å². The molecular formula is C11H15NO5S. The lowest BCUT2D eigenvalue weighted by Gasteiger charge is -2.15. The van der Waals surface area contributed by atoms with Crippen molar-refractivity contribution in [3.8, 4) is 0 Å². The van der Waals surface area contributed by atoms with Gasteiger partial charge < -0.3 is 9.84 Å². The van der Waals surface area contributed by atoms with Gasteiger partial charge in [0.25, 0.3) is 0 Å². The van der Waals surface area contributed by atoms with Crippen LogP contribution in [-0.4, -0.2) is 44.5 Å². The molecule has 0 saturated heterocycles. The van der Waals surface area contributed by atoms with E-state index in [4.69, 9.17) is 9.84 Å². The third-order valence-corrected chi connectivity index (χ3v) is 4.07. The number of methoxy groups -OCH3 is 1. The van der Waals surface area contributed by atoms with Gasteiger partial charge in [-0.3, -0.25) is 4.79 Å². The molecule has 0 aliphatic rings. The molecule has 1 N–H and O–H groups in total. The molecule has 7 heteroatoms. The monoisotopic (exact) mass is 273 g/mol. The van der Waals surface area contributed by atoms with Crippen LogP contribution in [0.3, 0.4) is 0 Å². The van der Waals surface area contributed by atoms with Gasteiger partial charge in [0.05, 0.1) is 11.5 Å².